The molecule has 0 bridgehead atoms. The minimum Gasteiger partial charge on any atom is -0.497 e. The Morgan fingerprint density at radius 1 is 0.962 bits per heavy atom. The Labute approximate surface area is 154 Å². The Bertz CT molecular complexity index is 905. The largest absolute Gasteiger partial charge is 0.497 e. The van der Waals surface area contributed by atoms with Crippen molar-refractivity contribution in [1.29, 1.82) is 0 Å². The van der Waals surface area contributed by atoms with E-state index in [-0.39, 0.29) is 11.3 Å². The van der Waals surface area contributed by atoms with Gasteiger partial charge >= 0.3 is 0 Å². The highest BCUT2D eigenvalue weighted by Gasteiger charge is 2.09. The molecule has 134 valence electrons. The summed E-state index contributed by atoms with van der Waals surface area (Å²) in [4.78, 5) is 8.63. The van der Waals surface area contributed by atoms with Crippen LogP contribution in [0.1, 0.15) is 11.3 Å². The van der Waals surface area contributed by atoms with Gasteiger partial charge in [0, 0.05) is 23.1 Å². The van der Waals surface area contributed by atoms with Crippen LogP contribution in [0.25, 0.3) is 0 Å². The summed E-state index contributed by atoms with van der Waals surface area (Å²) in [5.41, 5.74) is 0.975. The summed E-state index contributed by atoms with van der Waals surface area (Å²) in [6.45, 7) is 1.81. The molecular formula is C19H16F2N2O2S. The molecule has 0 aliphatic carbocycles. The number of hydrogen-bond donors (Lipinski definition) is 0. The van der Waals surface area contributed by atoms with E-state index in [1.807, 2.05) is 6.92 Å². The third-order valence-electron chi connectivity index (χ3n) is 3.46. The second kappa shape index (κ2) is 8.14. The highest BCUT2D eigenvalue weighted by Crippen LogP contribution is 2.27. The molecule has 1 aromatic heterocycles. The summed E-state index contributed by atoms with van der Waals surface area (Å²) in [5, 5.41) is 0.428. The molecule has 0 aliphatic rings. The lowest BCUT2D eigenvalue weighted by Crippen LogP contribution is -1.96. The van der Waals surface area contributed by atoms with Crippen molar-refractivity contribution in [3.63, 3.8) is 0 Å². The van der Waals surface area contributed by atoms with Gasteiger partial charge in [-0.3, -0.25) is 0 Å². The van der Waals surface area contributed by atoms with Gasteiger partial charge in [0.2, 0.25) is 5.88 Å². The molecule has 0 saturated heterocycles. The van der Waals surface area contributed by atoms with E-state index in [9.17, 15) is 8.78 Å². The molecule has 0 atom stereocenters. The Morgan fingerprint density at radius 3 is 2.42 bits per heavy atom. The fourth-order valence-electron chi connectivity index (χ4n) is 2.19. The van der Waals surface area contributed by atoms with E-state index in [4.69, 9.17) is 9.47 Å². The third-order valence-corrected chi connectivity index (χ3v) is 4.35. The molecule has 0 spiro atoms. The van der Waals surface area contributed by atoms with Crippen LogP contribution in [0.2, 0.25) is 0 Å². The molecule has 0 N–H and O–H groups in total. The monoisotopic (exact) mass is 374 g/mol. The fraction of sp³-hybridized carbons (Fsp3) is 0.158. The number of methoxy groups -OCH3 is 1. The van der Waals surface area contributed by atoms with Crippen molar-refractivity contribution in [1.82, 2.24) is 9.97 Å². The minimum absolute atomic E-state index is 0.217. The predicted molar refractivity (Wildman–Crippen MR) is 95.8 cm³/mol. The average Bonchev–Trinajstić information content (AvgIpc) is 2.63. The standard InChI is InChI=1S/C19H16F2N2O2S/c1-12-9-18(25-16-6-4-15(24-2)5-7-16)23-19(22-12)26-11-13-10-14(20)3-8-17(13)21/h3-10H,11H2,1-2H3. The number of nitrogens with zero attached hydrogens (tertiary/aromatic N) is 2. The van der Waals surface area contributed by atoms with Crippen LogP contribution in [0.3, 0.4) is 0 Å². The number of ether oxygens (including phenoxy) is 2. The van der Waals surface area contributed by atoms with E-state index in [1.54, 1.807) is 37.4 Å². The second-order valence-corrected chi connectivity index (χ2v) is 6.37. The molecule has 2 aromatic carbocycles. The summed E-state index contributed by atoms with van der Waals surface area (Å²) in [6, 6.07) is 12.2. The van der Waals surface area contributed by atoms with E-state index in [2.05, 4.69) is 9.97 Å². The maximum Gasteiger partial charge on any atom is 0.223 e. The van der Waals surface area contributed by atoms with Gasteiger partial charge in [-0.2, -0.15) is 4.98 Å². The highest BCUT2D eigenvalue weighted by molar-refractivity contribution is 7.98. The number of aryl methyl sites for hydroxylation is 1. The number of aromatic nitrogens is 2. The van der Waals surface area contributed by atoms with E-state index in [1.165, 1.54) is 17.8 Å². The Morgan fingerprint density at radius 2 is 1.69 bits per heavy atom. The van der Waals surface area contributed by atoms with Crippen LogP contribution in [0, 0.1) is 18.6 Å². The Balaban J connectivity index is 1.73. The van der Waals surface area contributed by atoms with Gasteiger partial charge < -0.3 is 9.47 Å². The van der Waals surface area contributed by atoms with Crippen LogP contribution in [0.5, 0.6) is 17.4 Å². The minimum atomic E-state index is -0.476. The van der Waals surface area contributed by atoms with E-state index in [0.717, 1.165) is 17.9 Å². The lowest BCUT2D eigenvalue weighted by Gasteiger charge is -2.08. The van der Waals surface area contributed by atoms with Gasteiger partial charge in [0.1, 0.15) is 23.1 Å². The first kappa shape index (κ1) is 18.1. The summed E-state index contributed by atoms with van der Waals surface area (Å²) in [6.07, 6.45) is 0. The van der Waals surface area contributed by atoms with E-state index in [0.29, 0.717) is 22.5 Å². The number of benzene rings is 2. The first-order valence-corrected chi connectivity index (χ1v) is 8.76. The lowest BCUT2D eigenvalue weighted by molar-refractivity contribution is 0.411. The van der Waals surface area contributed by atoms with Crippen LogP contribution in [0.4, 0.5) is 8.78 Å². The smallest absolute Gasteiger partial charge is 0.223 e. The third kappa shape index (κ3) is 4.70. The zero-order valence-electron chi connectivity index (χ0n) is 14.2. The number of hydrogen-bond acceptors (Lipinski definition) is 5. The summed E-state index contributed by atoms with van der Waals surface area (Å²) in [5.74, 6) is 0.997. The first-order valence-electron chi connectivity index (χ1n) is 7.78. The number of halogens is 2. The van der Waals surface area contributed by atoms with Crippen molar-refractivity contribution < 1.29 is 18.3 Å². The molecule has 26 heavy (non-hydrogen) atoms. The summed E-state index contributed by atoms with van der Waals surface area (Å²) >= 11 is 1.21. The predicted octanol–water partition coefficient (Wildman–Crippen LogP) is 5.16. The summed E-state index contributed by atoms with van der Waals surface area (Å²) < 4.78 is 37.8. The molecule has 0 fully saturated rings. The van der Waals surface area contributed by atoms with Crippen molar-refractivity contribution in [2.45, 2.75) is 17.8 Å². The normalized spacial score (nSPS) is 10.6. The quantitative estimate of drug-likeness (QED) is 0.441. The second-order valence-electron chi connectivity index (χ2n) is 5.43. The number of rotatable bonds is 6. The Hall–Kier alpha value is -2.67. The molecule has 3 aromatic rings. The van der Waals surface area contributed by atoms with Gasteiger partial charge in [-0.1, -0.05) is 11.8 Å². The molecule has 1 heterocycles. The zero-order valence-corrected chi connectivity index (χ0v) is 15.0. The van der Waals surface area contributed by atoms with Crippen molar-refractivity contribution >= 4 is 11.8 Å². The first-order chi connectivity index (χ1) is 12.5. The molecule has 7 heteroatoms. The molecule has 0 radical (unpaired) electrons. The topological polar surface area (TPSA) is 44.2 Å². The SMILES string of the molecule is COc1ccc(Oc2cc(C)nc(SCc3cc(F)ccc3F)n2)cc1. The zero-order chi connectivity index (χ0) is 18.5. The molecule has 0 amide bonds. The van der Waals surface area contributed by atoms with Gasteiger partial charge in [0.25, 0.3) is 0 Å². The van der Waals surface area contributed by atoms with Crippen molar-refractivity contribution in [2.75, 3.05) is 7.11 Å². The van der Waals surface area contributed by atoms with Gasteiger partial charge in [0.05, 0.1) is 7.11 Å². The molecular weight excluding hydrogens is 358 g/mol. The van der Waals surface area contributed by atoms with E-state index >= 15 is 0 Å². The van der Waals surface area contributed by atoms with Crippen molar-refractivity contribution in [2.24, 2.45) is 0 Å². The molecule has 3 rings (SSSR count). The van der Waals surface area contributed by atoms with Crippen LogP contribution in [-0.4, -0.2) is 17.1 Å². The molecule has 4 nitrogen and oxygen atoms in total. The molecule has 0 unspecified atom stereocenters. The van der Waals surface area contributed by atoms with Crippen LogP contribution >= 0.6 is 11.8 Å². The van der Waals surface area contributed by atoms with Gasteiger partial charge in [0.15, 0.2) is 5.16 Å². The van der Waals surface area contributed by atoms with Crippen molar-refractivity contribution in [3.05, 3.63) is 71.4 Å². The van der Waals surface area contributed by atoms with Crippen molar-refractivity contribution in [3.8, 4) is 17.4 Å². The van der Waals surface area contributed by atoms with E-state index < -0.39 is 11.6 Å². The molecule has 0 saturated carbocycles. The van der Waals surface area contributed by atoms with Crippen LogP contribution < -0.4 is 9.47 Å². The fourth-order valence-corrected chi connectivity index (χ4v) is 3.06. The van der Waals surface area contributed by atoms with Gasteiger partial charge in [-0.05, 0) is 49.4 Å². The lowest BCUT2D eigenvalue weighted by atomic mass is 10.2. The van der Waals surface area contributed by atoms with Gasteiger partial charge in [-0.15, -0.1) is 0 Å². The summed E-state index contributed by atoms with van der Waals surface area (Å²) in [7, 11) is 1.59. The number of thioether (sulfide) groups is 1. The van der Waals surface area contributed by atoms with Crippen LogP contribution in [0.15, 0.2) is 53.7 Å². The molecule has 0 aliphatic heterocycles. The van der Waals surface area contributed by atoms with Gasteiger partial charge in [-0.25, -0.2) is 13.8 Å². The Kier molecular flexibility index (Phi) is 5.68. The maximum atomic E-state index is 13.7. The maximum absolute atomic E-state index is 13.7. The average molecular weight is 374 g/mol. The highest BCUT2D eigenvalue weighted by atomic mass is 32.2. The van der Waals surface area contributed by atoms with Crippen LogP contribution in [-0.2, 0) is 5.75 Å².